The molecule has 1 aromatic heterocycles. The highest BCUT2D eigenvalue weighted by molar-refractivity contribution is 6.36. The molecule has 0 aliphatic heterocycles. The van der Waals surface area contributed by atoms with Gasteiger partial charge < -0.3 is 14.0 Å². The van der Waals surface area contributed by atoms with Crippen LogP contribution in [0, 0.1) is 0 Å². The SMILES string of the molecule is COC(OC)[SiH2]CCCn1ccnc1. The standard InChI is InChI=1S/C9H18N2O2Si/c1-12-9(13-2)14-7-3-5-11-6-4-10-8-11/h4,6,8-9H,3,5,7,14H2,1-2H3. The largest absolute Gasteiger partial charge is 0.360 e. The lowest BCUT2D eigenvalue weighted by molar-refractivity contribution is -0.0441. The number of nitrogens with zero attached hydrogens (tertiary/aromatic N) is 2. The highest BCUT2D eigenvalue weighted by Gasteiger charge is 2.04. The summed E-state index contributed by atoms with van der Waals surface area (Å²) in [5, 5.41) is 0. The van der Waals surface area contributed by atoms with Gasteiger partial charge in [-0.05, 0) is 6.42 Å². The topological polar surface area (TPSA) is 36.3 Å². The smallest absolute Gasteiger partial charge is 0.134 e. The summed E-state index contributed by atoms with van der Waals surface area (Å²) in [6.45, 7) is 1.05. The molecule has 0 spiro atoms. The van der Waals surface area contributed by atoms with Gasteiger partial charge in [0.15, 0.2) is 0 Å². The van der Waals surface area contributed by atoms with Crippen molar-refractivity contribution in [3.8, 4) is 0 Å². The van der Waals surface area contributed by atoms with E-state index in [1.807, 2.05) is 18.7 Å². The van der Waals surface area contributed by atoms with Gasteiger partial charge in [-0.15, -0.1) is 0 Å². The van der Waals surface area contributed by atoms with E-state index in [1.165, 1.54) is 12.5 Å². The van der Waals surface area contributed by atoms with Crippen molar-refractivity contribution >= 4 is 9.52 Å². The molecule has 0 aromatic carbocycles. The minimum Gasteiger partial charge on any atom is -0.360 e. The Bertz CT molecular complexity index is 225. The zero-order chi connectivity index (χ0) is 10.2. The van der Waals surface area contributed by atoms with E-state index in [2.05, 4.69) is 9.55 Å². The zero-order valence-electron chi connectivity index (χ0n) is 8.85. The lowest BCUT2D eigenvalue weighted by Crippen LogP contribution is -2.21. The van der Waals surface area contributed by atoms with Gasteiger partial charge in [-0.25, -0.2) is 4.98 Å². The fourth-order valence-corrected chi connectivity index (χ4v) is 2.67. The Hall–Kier alpha value is -0.653. The Labute approximate surface area is 87.1 Å². The third-order valence-electron chi connectivity index (χ3n) is 2.19. The van der Waals surface area contributed by atoms with Gasteiger partial charge in [-0.1, -0.05) is 6.04 Å². The van der Waals surface area contributed by atoms with E-state index in [1.54, 1.807) is 14.2 Å². The Morgan fingerprint density at radius 3 is 2.79 bits per heavy atom. The van der Waals surface area contributed by atoms with Crippen molar-refractivity contribution in [2.75, 3.05) is 14.2 Å². The molecule has 80 valence electrons. The summed E-state index contributed by atoms with van der Waals surface area (Å²) in [5.41, 5.74) is 0. The van der Waals surface area contributed by atoms with Crippen LogP contribution < -0.4 is 0 Å². The first kappa shape index (κ1) is 11.4. The van der Waals surface area contributed by atoms with Crippen molar-refractivity contribution in [1.29, 1.82) is 0 Å². The van der Waals surface area contributed by atoms with Crippen molar-refractivity contribution in [2.45, 2.75) is 24.9 Å². The Kier molecular flexibility index (Phi) is 5.51. The predicted octanol–water partition coefficient (Wildman–Crippen LogP) is 0.437. The summed E-state index contributed by atoms with van der Waals surface area (Å²) in [6.07, 6.45) is 6.84. The number of methoxy groups -OCH3 is 2. The van der Waals surface area contributed by atoms with E-state index < -0.39 is 0 Å². The van der Waals surface area contributed by atoms with Gasteiger partial charge in [0.25, 0.3) is 0 Å². The van der Waals surface area contributed by atoms with Crippen LogP contribution in [0.1, 0.15) is 6.42 Å². The van der Waals surface area contributed by atoms with Gasteiger partial charge in [0.05, 0.1) is 15.8 Å². The molecule has 0 atom stereocenters. The Morgan fingerprint density at radius 1 is 1.43 bits per heavy atom. The van der Waals surface area contributed by atoms with Crippen LogP contribution in [0.25, 0.3) is 0 Å². The molecular weight excluding hydrogens is 196 g/mol. The van der Waals surface area contributed by atoms with Crippen molar-refractivity contribution in [3.05, 3.63) is 18.7 Å². The normalized spacial score (nSPS) is 11.9. The van der Waals surface area contributed by atoms with Gasteiger partial charge >= 0.3 is 0 Å². The summed E-state index contributed by atoms with van der Waals surface area (Å²) in [7, 11) is 3.16. The first-order valence-electron chi connectivity index (χ1n) is 4.88. The minimum absolute atomic E-state index is 0.0813. The molecule has 0 saturated carbocycles. The molecule has 0 unspecified atom stereocenters. The van der Waals surface area contributed by atoms with Crippen LogP contribution in [0.4, 0.5) is 0 Å². The van der Waals surface area contributed by atoms with Crippen LogP contribution in [0.3, 0.4) is 0 Å². The zero-order valence-corrected chi connectivity index (χ0v) is 10.3. The maximum Gasteiger partial charge on any atom is 0.134 e. The number of rotatable bonds is 7. The second-order valence-electron chi connectivity index (χ2n) is 3.20. The summed E-state index contributed by atoms with van der Waals surface area (Å²) in [4.78, 5) is 3.99. The molecule has 5 heteroatoms. The molecule has 1 rings (SSSR count). The number of hydrogen-bond donors (Lipinski definition) is 0. The summed E-state index contributed by atoms with van der Waals surface area (Å²) in [6, 6.07) is 1.24. The van der Waals surface area contributed by atoms with Crippen LogP contribution in [-0.2, 0) is 16.0 Å². The molecule has 1 aromatic rings. The summed E-state index contributed by atoms with van der Waals surface area (Å²) < 4.78 is 12.4. The number of aryl methyl sites for hydroxylation is 1. The number of ether oxygens (including phenoxy) is 2. The first-order chi connectivity index (χ1) is 6.86. The van der Waals surface area contributed by atoms with Crippen molar-refractivity contribution < 1.29 is 9.47 Å². The van der Waals surface area contributed by atoms with E-state index in [0.717, 1.165) is 6.54 Å². The highest BCUT2D eigenvalue weighted by atomic mass is 28.2. The van der Waals surface area contributed by atoms with Crippen LogP contribution in [0.5, 0.6) is 0 Å². The molecule has 1 heterocycles. The molecule has 0 fully saturated rings. The third kappa shape index (κ3) is 4.04. The van der Waals surface area contributed by atoms with Gasteiger partial charge in [-0.2, -0.15) is 0 Å². The van der Waals surface area contributed by atoms with E-state index in [-0.39, 0.29) is 15.4 Å². The number of imidazole rings is 1. The van der Waals surface area contributed by atoms with Crippen LogP contribution in [-0.4, -0.2) is 39.2 Å². The lowest BCUT2D eigenvalue weighted by atomic mass is 10.5. The maximum absolute atomic E-state index is 5.16. The van der Waals surface area contributed by atoms with Crippen LogP contribution in [0.15, 0.2) is 18.7 Å². The van der Waals surface area contributed by atoms with Gasteiger partial charge in [0.1, 0.15) is 5.91 Å². The average Bonchev–Trinajstić information content (AvgIpc) is 2.71. The highest BCUT2D eigenvalue weighted by Crippen LogP contribution is 1.99. The molecule has 0 amide bonds. The first-order valence-corrected chi connectivity index (χ1v) is 6.70. The number of aromatic nitrogens is 2. The van der Waals surface area contributed by atoms with Crippen molar-refractivity contribution in [3.63, 3.8) is 0 Å². The van der Waals surface area contributed by atoms with Crippen LogP contribution in [0.2, 0.25) is 6.04 Å². The van der Waals surface area contributed by atoms with Gasteiger partial charge in [0, 0.05) is 33.2 Å². The molecule has 14 heavy (non-hydrogen) atoms. The van der Waals surface area contributed by atoms with Gasteiger partial charge in [-0.3, -0.25) is 0 Å². The average molecular weight is 214 g/mol. The monoisotopic (exact) mass is 214 g/mol. The predicted molar refractivity (Wildman–Crippen MR) is 58.0 cm³/mol. The van der Waals surface area contributed by atoms with E-state index in [4.69, 9.17) is 9.47 Å². The second-order valence-corrected chi connectivity index (χ2v) is 5.15. The third-order valence-corrected chi connectivity index (χ3v) is 4.24. The molecular formula is C9H18N2O2Si. The van der Waals surface area contributed by atoms with E-state index in [0.29, 0.717) is 0 Å². The maximum atomic E-state index is 5.16. The molecule has 0 bridgehead atoms. The molecule has 0 aliphatic carbocycles. The van der Waals surface area contributed by atoms with Crippen molar-refractivity contribution in [1.82, 2.24) is 9.55 Å². The van der Waals surface area contributed by atoms with E-state index >= 15 is 0 Å². The molecule has 0 saturated heterocycles. The molecule has 0 radical (unpaired) electrons. The fourth-order valence-electron chi connectivity index (χ4n) is 1.36. The minimum atomic E-state index is -0.252. The van der Waals surface area contributed by atoms with Crippen molar-refractivity contribution in [2.24, 2.45) is 0 Å². The molecule has 4 nitrogen and oxygen atoms in total. The van der Waals surface area contributed by atoms with Gasteiger partial charge in [0.2, 0.25) is 0 Å². The Balaban J connectivity index is 2.04. The lowest BCUT2D eigenvalue weighted by Gasteiger charge is -2.12. The molecule has 0 aliphatic rings. The fraction of sp³-hybridized carbons (Fsp3) is 0.667. The summed E-state index contributed by atoms with van der Waals surface area (Å²) >= 11 is 0. The van der Waals surface area contributed by atoms with E-state index in [9.17, 15) is 0 Å². The number of hydrogen-bond acceptors (Lipinski definition) is 3. The van der Waals surface area contributed by atoms with Crippen LogP contribution >= 0.6 is 0 Å². The second kappa shape index (κ2) is 6.75. The molecule has 0 N–H and O–H groups in total. The quantitative estimate of drug-likeness (QED) is 0.375. The Morgan fingerprint density at radius 2 is 2.21 bits per heavy atom. The summed E-state index contributed by atoms with van der Waals surface area (Å²) in [5.74, 6) is 0.0813.